The number of hydrogen-bond donors (Lipinski definition) is 1. The summed E-state index contributed by atoms with van der Waals surface area (Å²) in [6, 6.07) is 9.86. The van der Waals surface area contributed by atoms with Gasteiger partial charge in [-0.2, -0.15) is 5.26 Å². The second kappa shape index (κ2) is 6.43. The number of benzene rings is 1. The average molecular weight is 261 g/mol. The summed E-state index contributed by atoms with van der Waals surface area (Å²) in [6.45, 7) is 2.81. The van der Waals surface area contributed by atoms with Crippen LogP contribution in [0.2, 0.25) is 0 Å². The van der Waals surface area contributed by atoms with Gasteiger partial charge in [0.1, 0.15) is 5.52 Å². The van der Waals surface area contributed by atoms with E-state index in [9.17, 15) is 0 Å². The molecule has 1 atom stereocenters. The van der Waals surface area contributed by atoms with Gasteiger partial charge in [0.05, 0.1) is 12.1 Å². The molecule has 1 N–H and O–H groups in total. The van der Waals surface area contributed by atoms with Crippen LogP contribution in [0.25, 0.3) is 11.1 Å². The first-order chi connectivity index (χ1) is 8.83. The van der Waals surface area contributed by atoms with Crippen molar-refractivity contribution in [3.63, 3.8) is 0 Å². The van der Waals surface area contributed by atoms with Gasteiger partial charge < -0.3 is 9.73 Å². The van der Waals surface area contributed by atoms with E-state index in [0.29, 0.717) is 5.22 Å². The van der Waals surface area contributed by atoms with E-state index in [-0.39, 0.29) is 6.04 Å². The van der Waals surface area contributed by atoms with E-state index in [1.54, 1.807) is 11.8 Å². The van der Waals surface area contributed by atoms with Crippen molar-refractivity contribution >= 4 is 22.9 Å². The zero-order valence-electron chi connectivity index (χ0n) is 10.2. The van der Waals surface area contributed by atoms with Crippen molar-refractivity contribution in [3.8, 4) is 6.07 Å². The number of para-hydroxylation sites is 2. The quantitative estimate of drug-likeness (QED) is 0.810. The zero-order valence-corrected chi connectivity index (χ0v) is 11.0. The summed E-state index contributed by atoms with van der Waals surface area (Å²) >= 11 is 1.55. The lowest BCUT2D eigenvalue weighted by Gasteiger charge is -2.07. The minimum atomic E-state index is -0.0909. The van der Waals surface area contributed by atoms with Crippen molar-refractivity contribution in [1.29, 1.82) is 5.26 Å². The Balaban J connectivity index is 1.88. The molecule has 1 aromatic carbocycles. The van der Waals surface area contributed by atoms with Crippen LogP contribution in [0.1, 0.15) is 13.3 Å². The fourth-order valence-corrected chi connectivity index (χ4v) is 2.48. The highest BCUT2D eigenvalue weighted by Gasteiger charge is 2.08. The third-order valence-electron chi connectivity index (χ3n) is 2.51. The predicted octanol–water partition coefficient (Wildman–Crippen LogP) is 2.81. The molecule has 0 fully saturated rings. The van der Waals surface area contributed by atoms with Gasteiger partial charge >= 0.3 is 0 Å². The van der Waals surface area contributed by atoms with E-state index in [0.717, 1.165) is 29.8 Å². The first-order valence-electron chi connectivity index (χ1n) is 5.95. The Hall–Kier alpha value is -1.51. The number of aromatic nitrogens is 1. The predicted molar refractivity (Wildman–Crippen MR) is 72.4 cm³/mol. The molecule has 0 aliphatic carbocycles. The molecular weight excluding hydrogens is 246 g/mol. The van der Waals surface area contributed by atoms with Gasteiger partial charge in [0, 0.05) is 5.75 Å². The number of nitriles is 1. The van der Waals surface area contributed by atoms with Crippen molar-refractivity contribution < 1.29 is 4.42 Å². The highest BCUT2D eigenvalue weighted by molar-refractivity contribution is 7.99. The summed E-state index contributed by atoms with van der Waals surface area (Å²) in [4.78, 5) is 4.37. The first kappa shape index (κ1) is 12.9. The SMILES string of the molecule is CCNC(C#N)CCSc1nc2ccccc2o1. The third-order valence-corrected chi connectivity index (χ3v) is 3.37. The van der Waals surface area contributed by atoms with Gasteiger partial charge in [-0.05, 0) is 25.1 Å². The summed E-state index contributed by atoms with van der Waals surface area (Å²) < 4.78 is 5.59. The highest BCUT2D eigenvalue weighted by Crippen LogP contribution is 2.23. The highest BCUT2D eigenvalue weighted by atomic mass is 32.2. The van der Waals surface area contributed by atoms with Gasteiger partial charge in [-0.1, -0.05) is 30.8 Å². The van der Waals surface area contributed by atoms with E-state index in [1.165, 1.54) is 0 Å². The molecule has 1 aromatic heterocycles. The van der Waals surface area contributed by atoms with Crippen LogP contribution >= 0.6 is 11.8 Å². The number of nitrogens with zero attached hydrogens (tertiary/aromatic N) is 2. The Morgan fingerprint density at radius 1 is 1.50 bits per heavy atom. The molecule has 1 heterocycles. The first-order valence-corrected chi connectivity index (χ1v) is 6.93. The van der Waals surface area contributed by atoms with Gasteiger partial charge in [-0.3, -0.25) is 0 Å². The van der Waals surface area contributed by atoms with Gasteiger partial charge in [0.15, 0.2) is 5.58 Å². The fourth-order valence-electron chi connectivity index (χ4n) is 1.64. The Bertz CT molecular complexity index is 513. The van der Waals surface area contributed by atoms with Crippen molar-refractivity contribution in [1.82, 2.24) is 10.3 Å². The van der Waals surface area contributed by atoms with Crippen LogP contribution in [0.5, 0.6) is 0 Å². The molecule has 2 aromatic rings. The molecular formula is C13H15N3OS. The lowest BCUT2D eigenvalue weighted by atomic mass is 10.2. The molecule has 94 valence electrons. The average Bonchev–Trinajstić information content (AvgIpc) is 2.80. The number of fused-ring (bicyclic) bond motifs is 1. The van der Waals surface area contributed by atoms with Crippen LogP contribution in [-0.2, 0) is 0 Å². The van der Waals surface area contributed by atoms with Gasteiger partial charge in [-0.25, -0.2) is 4.98 Å². The van der Waals surface area contributed by atoms with Crippen LogP contribution in [0.4, 0.5) is 0 Å². The number of oxazole rings is 1. The molecule has 4 nitrogen and oxygen atoms in total. The van der Waals surface area contributed by atoms with Crippen molar-refractivity contribution in [2.75, 3.05) is 12.3 Å². The second-order valence-corrected chi connectivity index (χ2v) is 4.87. The molecule has 1 unspecified atom stereocenters. The molecule has 2 rings (SSSR count). The summed E-state index contributed by atoms with van der Waals surface area (Å²) in [5.41, 5.74) is 1.69. The maximum absolute atomic E-state index is 8.91. The summed E-state index contributed by atoms with van der Waals surface area (Å²) in [5.74, 6) is 0.818. The minimum absolute atomic E-state index is 0.0909. The maximum atomic E-state index is 8.91. The van der Waals surface area contributed by atoms with Gasteiger partial charge in [-0.15, -0.1) is 0 Å². The Morgan fingerprint density at radius 3 is 3.06 bits per heavy atom. The zero-order chi connectivity index (χ0) is 12.8. The van der Waals surface area contributed by atoms with Crippen molar-refractivity contribution in [2.45, 2.75) is 24.6 Å². The number of thioether (sulfide) groups is 1. The van der Waals surface area contributed by atoms with E-state index in [1.807, 2.05) is 31.2 Å². The molecule has 0 spiro atoms. The normalized spacial score (nSPS) is 12.4. The van der Waals surface area contributed by atoms with Crippen molar-refractivity contribution in [2.24, 2.45) is 0 Å². The number of hydrogen-bond acceptors (Lipinski definition) is 5. The Labute approximate surface area is 110 Å². The lowest BCUT2D eigenvalue weighted by molar-refractivity contribution is 0.489. The molecule has 5 heteroatoms. The third kappa shape index (κ3) is 3.25. The van der Waals surface area contributed by atoms with Crippen LogP contribution in [0.15, 0.2) is 33.9 Å². The number of nitrogens with one attached hydrogen (secondary N) is 1. The van der Waals surface area contributed by atoms with Gasteiger partial charge in [0.2, 0.25) is 0 Å². The molecule has 0 aliphatic heterocycles. The molecule has 0 saturated heterocycles. The Morgan fingerprint density at radius 2 is 2.33 bits per heavy atom. The molecule has 0 saturated carbocycles. The van der Waals surface area contributed by atoms with E-state index >= 15 is 0 Å². The fraction of sp³-hybridized carbons (Fsp3) is 0.385. The van der Waals surface area contributed by atoms with Crippen molar-refractivity contribution in [3.05, 3.63) is 24.3 Å². The Kier molecular flexibility index (Phi) is 4.62. The molecule has 0 amide bonds. The van der Waals surface area contributed by atoms with E-state index in [2.05, 4.69) is 16.4 Å². The maximum Gasteiger partial charge on any atom is 0.256 e. The number of rotatable bonds is 6. The topological polar surface area (TPSA) is 61.9 Å². The summed E-state index contributed by atoms with van der Waals surface area (Å²) in [5, 5.41) is 12.7. The van der Waals surface area contributed by atoms with E-state index in [4.69, 9.17) is 9.68 Å². The molecule has 18 heavy (non-hydrogen) atoms. The lowest BCUT2D eigenvalue weighted by Crippen LogP contribution is -2.27. The molecule has 0 bridgehead atoms. The largest absolute Gasteiger partial charge is 0.431 e. The standard InChI is InChI=1S/C13H15N3OS/c1-2-15-10(9-14)7-8-18-13-16-11-5-3-4-6-12(11)17-13/h3-6,10,15H,2,7-8H2,1H3. The van der Waals surface area contributed by atoms with Crippen LogP contribution in [0.3, 0.4) is 0 Å². The summed E-state index contributed by atoms with van der Waals surface area (Å²) in [7, 11) is 0. The van der Waals surface area contributed by atoms with E-state index < -0.39 is 0 Å². The molecule has 0 aliphatic rings. The summed E-state index contributed by atoms with van der Waals surface area (Å²) in [6.07, 6.45) is 0.785. The van der Waals surface area contributed by atoms with Crippen LogP contribution in [-0.4, -0.2) is 23.3 Å². The monoisotopic (exact) mass is 261 g/mol. The van der Waals surface area contributed by atoms with Crippen LogP contribution in [0, 0.1) is 11.3 Å². The van der Waals surface area contributed by atoms with Gasteiger partial charge in [0.25, 0.3) is 5.22 Å². The second-order valence-electron chi connectivity index (χ2n) is 3.82. The smallest absolute Gasteiger partial charge is 0.256 e. The minimum Gasteiger partial charge on any atom is -0.431 e. The molecule has 0 radical (unpaired) electrons. The van der Waals surface area contributed by atoms with Crippen LogP contribution < -0.4 is 5.32 Å².